The van der Waals surface area contributed by atoms with E-state index in [0.717, 1.165) is 32.5 Å². The zero-order chi connectivity index (χ0) is 16.8. The summed E-state index contributed by atoms with van der Waals surface area (Å²) in [7, 11) is 1.65. The number of carbonyl (C=O) groups excluding carboxylic acids is 1. The van der Waals surface area contributed by atoms with E-state index >= 15 is 0 Å². The Bertz CT molecular complexity index is 633. The molecule has 0 aliphatic carbocycles. The van der Waals surface area contributed by atoms with Crippen molar-refractivity contribution < 1.29 is 4.79 Å². The van der Waals surface area contributed by atoms with E-state index in [9.17, 15) is 9.59 Å². The van der Waals surface area contributed by atoms with Gasteiger partial charge in [-0.3, -0.25) is 14.5 Å². The molecule has 0 saturated carbocycles. The number of rotatable bonds is 6. The van der Waals surface area contributed by atoms with Crippen LogP contribution in [0.4, 0.5) is 0 Å². The normalized spacial score (nSPS) is 19.1. The Morgan fingerprint density at radius 1 is 1.48 bits per heavy atom. The van der Waals surface area contributed by atoms with E-state index in [0.29, 0.717) is 12.5 Å². The van der Waals surface area contributed by atoms with Crippen LogP contribution in [0.1, 0.15) is 37.0 Å². The molecule has 1 aromatic rings. The van der Waals surface area contributed by atoms with Crippen LogP contribution in [0.15, 0.2) is 34.8 Å². The van der Waals surface area contributed by atoms with Crippen molar-refractivity contribution >= 4 is 5.91 Å². The number of aromatic nitrogens is 1. The van der Waals surface area contributed by atoms with Gasteiger partial charge in [0.15, 0.2) is 0 Å². The molecule has 5 nitrogen and oxygen atoms in total. The molecule has 1 aromatic heterocycles. The van der Waals surface area contributed by atoms with Gasteiger partial charge in [-0.05, 0) is 44.4 Å². The number of amides is 1. The fourth-order valence-corrected chi connectivity index (χ4v) is 3.09. The Morgan fingerprint density at radius 2 is 2.26 bits per heavy atom. The fourth-order valence-electron chi connectivity index (χ4n) is 3.09. The molecule has 1 aliphatic rings. The van der Waals surface area contributed by atoms with E-state index in [4.69, 9.17) is 0 Å². The summed E-state index contributed by atoms with van der Waals surface area (Å²) >= 11 is 0. The molecule has 23 heavy (non-hydrogen) atoms. The third-order valence-corrected chi connectivity index (χ3v) is 4.31. The smallest absolute Gasteiger partial charge is 0.263 e. The highest BCUT2D eigenvalue weighted by Gasteiger charge is 2.23. The standard InChI is InChI=1S/C18H27N3O2/c1-4-6-14(2)12-21-10-8-15(13-21)11-19-17(22)16-7-5-9-20(3)18(16)23/h5-7,9,15H,4,8,10-13H2,1-3H3,(H,19,22)/b14-6+. The second-order valence-electron chi connectivity index (χ2n) is 6.40. The van der Waals surface area contributed by atoms with Gasteiger partial charge < -0.3 is 9.88 Å². The third-order valence-electron chi connectivity index (χ3n) is 4.31. The van der Waals surface area contributed by atoms with Gasteiger partial charge in [0.1, 0.15) is 5.56 Å². The maximum atomic E-state index is 12.2. The van der Waals surface area contributed by atoms with Crippen LogP contribution in [0.2, 0.25) is 0 Å². The maximum Gasteiger partial charge on any atom is 0.263 e. The summed E-state index contributed by atoms with van der Waals surface area (Å²) in [5.74, 6) is 0.188. The number of hydrogen-bond acceptors (Lipinski definition) is 3. The van der Waals surface area contributed by atoms with E-state index in [1.54, 1.807) is 25.4 Å². The minimum atomic E-state index is -0.272. The Labute approximate surface area is 138 Å². The molecule has 0 radical (unpaired) electrons. The third kappa shape index (κ3) is 4.79. The van der Waals surface area contributed by atoms with Crippen molar-refractivity contribution in [2.75, 3.05) is 26.2 Å². The first-order valence-electron chi connectivity index (χ1n) is 8.33. The molecule has 0 aromatic carbocycles. The summed E-state index contributed by atoms with van der Waals surface area (Å²) in [6, 6.07) is 3.30. The molecule has 1 unspecified atom stereocenters. The van der Waals surface area contributed by atoms with E-state index in [2.05, 4.69) is 30.1 Å². The molecule has 126 valence electrons. The summed E-state index contributed by atoms with van der Waals surface area (Å²) in [6.45, 7) is 8.04. The van der Waals surface area contributed by atoms with Crippen LogP contribution in [-0.4, -0.2) is 41.6 Å². The average Bonchev–Trinajstić information content (AvgIpc) is 2.95. The molecule has 1 amide bonds. The van der Waals surface area contributed by atoms with Crippen molar-refractivity contribution in [2.45, 2.75) is 26.7 Å². The Morgan fingerprint density at radius 3 is 3.00 bits per heavy atom. The first-order chi connectivity index (χ1) is 11.0. The number of pyridine rings is 1. The monoisotopic (exact) mass is 317 g/mol. The second kappa shape index (κ2) is 8.11. The van der Waals surface area contributed by atoms with Crippen LogP contribution in [0, 0.1) is 5.92 Å². The van der Waals surface area contributed by atoms with Gasteiger partial charge in [-0.2, -0.15) is 0 Å². The van der Waals surface area contributed by atoms with Gasteiger partial charge in [0.2, 0.25) is 0 Å². The predicted molar refractivity (Wildman–Crippen MR) is 92.6 cm³/mol. The SMILES string of the molecule is CC/C=C(\C)CN1CCC(CNC(=O)c2cccn(C)c2=O)C1. The van der Waals surface area contributed by atoms with Crippen LogP contribution in [0.3, 0.4) is 0 Å². The second-order valence-corrected chi connectivity index (χ2v) is 6.40. The quantitative estimate of drug-likeness (QED) is 0.814. The molecule has 1 N–H and O–H groups in total. The van der Waals surface area contributed by atoms with Crippen LogP contribution >= 0.6 is 0 Å². The molecule has 1 saturated heterocycles. The lowest BCUT2D eigenvalue weighted by Gasteiger charge is -2.16. The van der Waals surface area contributed by atoms with Gasteiger partial charge in [0.25, 0.3) is 11.5 Å². The van der Waals surface area contributed by atoms with Crippen molar-refractivity contribution in [3.63, 3.8) is 0 Å². The zero-order valence-electron chi connectivity index (χ0n) is 14.3. The maximum absolute atomic E-state index is 12.2. The molecule has 0 spiro atoms. The molecular formula is C18H27N3O2. The molecule has 1 fully saturated rings. The molecule has 0 bridgehead atoms. The fraction of sp³-hybridized carbons (Fsp3) is 0.556. The summed E-state index contributed by atoms with van der Waals surface area (Å²) in [6.07, 6.45) is 6.08. The number of allylic oxidation sites excluding steroid dienone is 1. The largest absolute Gasteiger partial charge is 0.352 e. The van der Waals surface area contributed by atoms with Crippen LogP contribution in [0.5, 0.6) is 0 Å². The van der Waals surface area contributed by atoms with Crippen LogP contribution in [-0.2, 0) is 7.05 Å². The van der Waals surface area contributed by atoms with Crippen molar-refractivity contribution in [1.29, 1.82) is 0 Å². The van der Waals surface area contributed by atoms with Gasteiger partial charge in [-0.25, -0.2) is 0 Å². The van der Waals surface area contributed by atoms with E-state index < -0.39 is 0 Å². The van der Waals surface area contributed by atoms with Gasteiger partial charge >= 0.3 is 0 Å². The number of likely N-dealkylation sites (tertiary alicyclic amines) is 1. The Hall–Kier alpha value is -1.88. The van der Waals surface area contributed by atoms with Gasteiger partial charge in [0.05, 0.1) is 0 Å². The first-order valence-corrected chi connectivity index (χ1v) is 8.33. The summed E-state index contributed by atoms with van der Waals surface area (Å²) < 4.78 is 1.43. The number of carbonyl (C=O) groups is 1. The molecule has 1 aliphatic heterocycles. The first kappa shape index (κ1) is 17.5. The van der Waals surface area contributed by atoms with Crippen LogP contribution < -0.4 is 10.9 Å². The molecular weight excluding hydrogens is 290 g/mol. The number of nitrogens with one attached hydrogen (secondary N) is 1. The van der Waals surface area contributed by atoms with E-state index in [-0.39, 0.29) is 17.0 Å². The number of aryl methyl sites for hydroxylation is 1. The minimum absolute atomic E-state index is 0.214. The lowest BCUT2D eigenvalue weighted by molar-refractivity contribution is 0.0945. The molecule has 2 rings (SSSR count). The van der Waals surface area contributed by atoms with Gasteiger partial charge in [-0.1, -0.05) is 18.6 Å². The Kier molecular flexibility index (Phi) is 6.16. The zero-order valence-corrected chi connectivity index (χ0v) is 14.3. The van der Waals surface area contributed by atoms with Crippen molar-refractivity contribution in [3.8, 4) is 0 Å². The van der Waals surface area contributed by atoms with Gasteiger partial charge in [0, 0.05) is 32.9 Å². The molecule has 5 heteroatoms. The lowest BCUT2D eigenvalue weighted by Crippen LogP contribution is -2.35. The number of nitrogens with zero attached hydrogens (tertiary/aromatic N) is 2. The number of hydrogen-bond donors (Lipinski definition) is 1. The Balaban J connectivity index is 1.83. The highest BCUT2D eigenvalue weighted by molar-refractivity contribution is 5.93. The average molecular weight is 317 g/mol. The van der Waals surface area contributed by atoms with Crippen molar-refractivity contribution in [3.05, 3.63) is 45.9 Å². The van der Waals surface area contributed by atoms with Crippen molar-refractivity contribution in [1.82, 2.24) is 14.8 Å². The van der Waals surface area contributed by atoms with Crippen LogP contribution in [0.25, 0.3) is 0 Å². The predicted octanol–water partition coefficient (Wildman–Crippen LogP) is 1.79. The summed E-state index contributed by atoms with van der Waals surface area (Å²) in [4.78, 5) is 26.5. The van der Waals surface area contributed by atoms with E-state index in [1.165, 1.54) is 10.1 Å². The minimum Gasteiger partial charge on any atom is -0.352 e. The topological polar surface area (TPSA) is 54.3 Å². The van der Waals surface area contributed by atoms with Crippen molar-refractivity contribution in [2.24, 2.45) is 13.0 Å². The highest BCUT2D eigenvalue weighted by Crippen LogP contribution is 2.16. The van der Waals surface area contributed by atoms with E-state index in [1.807, 2.05) is 0 Å². The molecule has 1 atom stereocenters. The summed E-state index contributed by atoms with van der Waals surface area (Å²) in [5, 5.41) is 2.91. The lowest BCUT2D eigenvalue weighted by atomic mass is 10.1. The summed E-state index contributed by atoms with van der Waals surface area (Å²) in [5.41, 5.74) is 1.37. The molecule has 2 heterocycles. The highest BCUT2D eigenvalue weighted by atomic mass is 16.2. The van der Waals surface area contributed by atoms with Gasteiger partial charge in [-0.15, -0.1) is 0 Å².